The van der Waals surface area contributed by atoms with Crippen LogP contribution in [-0.2, 0) is 6.54 Å². The molecule has 0 saturated carbocycles. The minimum atomic E-state index is -0.315. The van der Waals surface area contributed by atoms with Crippen molar-refractivity contribution in [2.75, 3.05) is 6.79 Å². The Morgan fingerprint density at radius 1 is 1.07 bits per heavy atom. The van der Waals surface area contributed by atoms with Gasteiger partial charge in [-0.2, -0.15) is 5.10 Å². The van der Waals surface area contributed by atoms with Crippen molar-refractivity contribution in [1.82, 2.24) is 19.3 Å². The molecule has 0 saturated heterocycles. The molecular formula is C22H18N4O4. The lowest BCUT2D eigenvalue weighted by atomic mass is 10.1. The number of aromatic nitrogens is 4. The molecule has 0 fully saturated rings. The van der Waals surface area contributed by atoms with Crippen LogP contribution in [0.4, 0.5) is 0 Å². The van der Waals surface area contributed by atoms with E-state index in [0.29, 0.717) is 28.1 Å². The molecule has 2 aromatic carbocycles. The maximum absolute atomic E-state index is 12.9. The number of hydrogen-bond acceptors (Lipinski definition) is 6. The van der Waals surface area contributed by atoms with E-state index in [-0.39, 0.29) is 24.7 Å². The predicted molar refractivity (Wildman–Crippen MR) is 109 cm³/mol. The summed E-state index contributed by atoms with van der Waals surface area (Å²) in [6.45, 7) is 4.02. The molecule has 8 nitrogen and oxygen atoms in total. The molecule has 3 heterocycles. The summed E-state index contributed by atoms with van der Waals surface area (Å²) in [5.41, 5.74) is 3.61. The van der Waals surface area contributed by atoms with Crippen LogP contribution in [0, 0.1) is 13.8 Å². The maximum Gasteiger partial charge on any atom is 0.264 e. The molecule has 0 bridgehead atoms. The summed E-state index contributed by atoms with van der Waals surface area (Å²) in [6.07, 6.45) is 2.88. The fourth-order valence-corrected chi connectivity index (χ4v) is 3.64. The van der Waals surface area contributed by atoms with E-state index in [0.717, 1.165) is 16.8 Å². The highest BCUT2D eigenvalue weighted by Gasteiger charge is 2.18. The molecule has 1 aliphatic rings. The van der Waals surface area contributed by atoms with Crippen molar-refractivity contribution in [2.24, 2.45) is 0 Å². The van der Waals surface area contributed by atoms with E-state index >= 15 is 0 Å². The molecule has 5 rings (SSSR count). The first-order chi connectivity index (χ1) is 14.5. The van der Waals surface area contributed by atoms with Gasteiger partial charge in [-0.05, 0) is 55.3 Å². The Kier molecular flexibility index (Phi) is 4.13. The smallest absolute Gasteiger partial charge is 0.264 e. The normalized spacial score (nSPS) is 12.5. The fourth-order valence-electron chi connectivity index (χ4n) is 3.64. The zero-order chi connectivity index (χ0) is 20.8. The first-order valence-corrected chi connectivity index (χ1v) is 9.44. The number of ketones is 1. The van der Waals surface area contributed by atoms with Crippen LogP contribution in [-0.4, -0.2) is 31.9 Å². The second-order valence-electron chi connectivity index (χ2n) is 7.31. The highest BCUT2D eigenvalue weighted by Crippen LogP contribution is 2.32. The van der Waals surface area contributed by atoms with Crippen LogP contribution < -0.4 is 15.0 Å². The molecule has 8 heteroatoms. The van der Waals surface area contributed by atoms with Crippen molar-refractivity contribution in [3.63, 3.8) is 0 Å². The third-order valence-electron chi connectivity index (χ3n) is 5.01. The highest BCUT2D eigenvalue weighted by atomic mass is 16.7. The van der Waals surface area contributed by atoms with Gasteiger partial charge in [0.05, 0.1) is 18.4 Å². The summed E-state index contributed by atoms with van der Waals surface area (Å²) in [7, 11) is 0. The maximum atomic E-state index is 12.9. The van der Waals surface area contributed by atoms with Crippen molar-refractivity contribution in [2.45, 2.75) is 20.4 Å². The average Bonchev–Trinajstić information content (AvgIpc) is 3.35. The Bertz CT molecular complexity index is 1350. The molecule has 0 radical (unpaired) electrons. The summed E-state index contributed by atoms with van der Waals surface area (Å²) < 4.78 is 13.5. The summed E-state index contributed by atoms with van der Waals surface area (Å²) >= 11 is 0. The topological polar surface area (TPSA) is 88.2 Å². The highest BCUT2D eigenvalue weighted by molar-refractivity contribution is 5.96. The van der Waals surface area contributed by atoms with Gasteiger partial charge in [0.1, 0.15) is 11.7 Å². The first kappa shape index (κ1) is 18.1. The summed E-state index contributed by atoms with van der Waals surface area (Å²) in [5.74, 6) is 0.903. The van der Waals surface area contributed by atoms with E-state index in [2.05, 4.69) is 16.1 Å². The largest absolute Gasteiger partial charge is 0.454 e. The SMILES string of the molecule is Cc1cc(C)cc(-n2ncc3c(=O)n(CC(=O)c4ccc5c(c4)OCO5)cnc32)c1. The van der Waals surface area contributed by atoms with Gasteiger partial charge in [0.25, 0.3) is 5.56 Å². The number of carbonyl (C=O) groups excluding carboxylic acids is 1. The number of benzene rings is 2. The second-order valence-corrected chi connectivity index (χ2v) is 7.31. The van der Waals surface area contributed by atoms with E-state index < -0.39 is 0 Å². The van der Waals surface area contributed by atoms with Crippen LogP contribution in [0.5, 0.6) is 11.5 Å². The minimum Gasteiger partial charge on any atom is -0.454 e. The lowest BCUT2D eigenvalue weighted by molar-refractivity contribution is 0.0970. The zero-order valence-electron chi connectivity index (χ0n) is 16.5. The van der Waals surface area contributed by atoms with Crippen LogP contribution in [0.3, 0.4) is 0 Å². The number of aryl methyl sites for hydroxylation is 2. The molecule has 0 amide bonds. The Morgan fingerprint density at radius 3 is 2.63 bits per heavy atom. The number of ether oxygens (including phenoxy) is 2. The van der Waals surface area contributed by atoms with Crippen molar-refractivity contribution >= 4 is 16.8 Å². The summed E-state index contributed by atoms with van der Waals surface area (Å²) in [5, 5.41) is 4.71. The molecule has 0 spiro atoms. The van der Waals surface area contributed by atoms with E-state index in [4.69, 9.17) is 9.47 Å². The van der Waals surface area contributed by atoms with Gasteiger partial charge in [0.2, 0.25) is 6.79 Å². The van der Waals surface area contributed by atoms with Crippen LogP contribution >= 0.6 is 0 Å². The van der Waals surface area contributed by atoms with Crippen LogP contribution in [0.15, 0.2) is 53.7 Å². The molecular weight excluding hydrogens is 384 g/mol. The summed E-state index contributed by atoms with van der Waals surface area (Å²) in [4.78, 5) is 30.0. The molecule has 0 unspecified atom stereocenters. The van der Waals surface area contributed by atoms with Crippen molar-refractivity contribution in [3.8, 4) is 17.2 Å². The average molecular weight is 402 g/mol. The number of hydrogen-bond donors (Lipinski definition) is 0. The minimum absolute atomic E-state index is 0.129. The van der Waals surface area contributed by atoms with E-state index in [9.17, 15) is 9.59 Å². The van der Waals surface area contributed by atoms with Crippen LogP contribution in [0.25, 0.3) is 16.7 Å². The van der Waals surface area contributed by atoms with E-state index in [1.807, 2.05) is 26.0 Å². The monoisotopic (exact) mass is 402 g/mol. The van der Waals surface area contributed by atoms with Crippen LogP contribution in [0.2, 0.25) is 0 Å². The van der Waals surface area contributed by atoms with Gasteiger partial charge in [0, 0.05) is 5.56 Å². The third-order valence-corrected chi connectivity index (χ3v) is 5.01. The van der Waals surface area contributed by atoms with Crippen molar-refractivity contribution < 1.29 is 14.3 Å². The number of Topliss-reactive ketones (excluding diaryl/α,β-unsaturated/α-hetero) is 1. The zero-order valence-corrected chi connectivity index (χ0v) is 16.5. The molecule has 2 aromatic heterocycles. The molecule has 150 valence electrons. The van der Waals surface area contributed by atoms with Gasteiger partial charge < -0.3 is 9.47 Å². The van der Waals surface area contributed by atoms with Gasteiger partial charge in [0.15, 0.2) is 22.9 Å². The fraction of sp³-hybridized carbons (Fsp3) is 0.182. The Labute approximate surface area is 171 Å². The van der Waals surface area contributed by atoms with Gasteiger partial charge in [-0.1, -0.05) is 6.07 Å². The Morgan fingerprint density at radius 2 is 1.83 bits per heavy atom. The Balaban J connectivity index is 1.48. The van der Waals surface area contributed by atoms with E-state index in [1.54, 1.807) is 22.9 Å². The molecule has 4 aromatic rings. The van der Waals surface area contributed by atoms with Gasteiger partial charge in [-0.15, -0.1) is 0 Å². The number of fused-ring (bicyclic) bond motifs is 2. The quantitative estimate of drug-likeness (QED) is 0.488. The van der Waals surface area contributed by atoms with Crippen molar-refractivity contribution in [1.29, 1.82) is 0 Å². The molecule has 0 aliphatic carbocycles. The summed E-state index contributed by atoms with van der Waals surface area (Å²) in [6, 6.07) is 11.0. The first-order valence-electron chi connectivity index (χ1n) is 9.44. The van der Waals surface area contributed by atoms with Crippen molar-refractivity contribution in [3.05, 3.63) is 76.0 Å². The molecule has 0 atom stereocenters. The van der Waals surface area contributed by atoms with E-state index in [1.165, 1.54) is 17.1 Å². The Hall–Kier alpha value is -3.94. The predicted octanol–water partition coefficient (Wildman–Crippen LogP) is 2.81. The second kappa shape index (κ2) is 6.84. The number of nitrogens with zero attached hydrogens (tertiary/aromatic N) is 4. The third kappa shape index (κ3) is 3.02. The van der Waals surface area contributed by atoms with Gasteiger partial charge in [-0.3, -0.25) is 14.2 Å². The number of carbonyl (C=O) groups is 1. The van der Waals surface area contributed by atoms with Gasteiger partial charge in [-0.25, -0.2) is 9.67 Å². The molecule has 30 heavy (non-hydrogen) atoms. The molecule has 1 aliphatic heterocycles. The lowest BCUT2D eigenvalue weighted by Crippen LogP contribution is -2.24. The van der Waals surface area contributed by atoms with Crippen LogP contribution in [0.1, 0.15) is 21.5 Å². The number of rotatable bonds is 4. The molecule has 0 N–H and O–H groups in total. The lowest BCUT2D eigenvalue weighted by Gasteiger charge is -2.08. The standard InChI is InChI=1S/C22H18N4O4/c1-13-5-14(2)7-16(6-13)26-21-17(9-24-26)22(28)25(11-23-21)10-18(27)15-3-4-19-20(8-15)30-12-29-19/h3-9,11H,10,12H2,1-2H3. The van der Waals surface area contributed by atoms with Gasteiger partial charge >= 0.3 is 0 Å².